The van der Waals surface area contributed by atoms with Gasteiger partial charge in [0.1, 0.15) is 33.3 Å². The third kappa shape index (κ3) is 4.35. The molecule has 0 N–H and O–H groups in total. The molecule has 3 aromatic carbocycles. The highest BCUT2D eigenvalue weighted by Gasteiger charge is 2.73. The molecule has 3 heterocycles. The van der Waals surface area contributed by atoms with Gasteiger partial charge in [-0.25, -0.2) is 8.42 Å². The number of carbonyl (C=O) groups excluding carboxylic acids is 2. The minimum atomic E-state index is -4.74. The second kappa shape index (κ2) is 10.4. The number of rotatable bonds is 5. The highest BCUT2D eigenvalue weighted by molar-refractivity contribution is 8.03. The van der Waals surface area contributed by atoms with Gasteiger partial charge in [0.15, 0.2) is 0 Å². The number of fused-ring (bicyclic) bond motifs is 3. The van der Waals surface area contributed by atoms with E-state index in [0.717, 1.165) is 17.2 Å². The van der Waals surface area contributed by atoms with Crippen LogP contribution in [0, 0.1) is 11.8 Å². The molecule has 47 heavy (non-hydrogen) atoms. The fourth-order valence-corrected chi connectivity index (χ4v) is 14.3. The van der Waals surface area contributed by atoms with Crippen LogP contribution in [0.1, 0.15) is 64.5 Å². The Labute approximate surface area is 276 Å². The molecule has 3 aromatic rings. The first-order chi connectivity index (χ1) is 22.5. The molecule has 13 heteroatoms. The lowest BCUT2D eigenvalue weighted by atomic mass is 9.59. The predicted octanol–water partition coefficient (Wildman–Crippen LogP) is 3.80. The van der Waals surface area contributed by atoms with Gasteiger partial charge in [0.05, 0.1) is 27.2 Å². The molecule has 3 saturated heterocycles. The number of hydrogen-bond acceptors (Lipinski definition) is 11. The second-order valence-electron chi connectivity index (χ2n) is 13.2. The van der Waals surface area contributed by atoms with E-state index in [1.807, 2.05) is 24.3 Å². The van der Waals surface area contributed by atoms with Crippen molar-refractivity contribution in [2.45, 2.75) is 76.8 Å². The number of hydrogen-bond donors (Lipinski definition) is 0. The van der Waals surface area contributed by atoms with Crippen LogP contribution in [0.15, 0.2) is 65.6 Å². The minimum Gasteiger partial charge on any atom is -0.744 e. The molecule has 0 saturated carbocycles. The van der Waals surface area contributed by atoms with Gasteiger partial charge in [0, 0.05) is 11.8 Å². The van der Waals surface area contributed by atoms with Crippen molar-refractivity contribution in [1.29, 1.82) is 0 Å². The molecule has 7 atom stereocenters. The summed E-state index contributed by atoms with van der Waals surface area (Å²) in [5, 5.41) is -2.47. The van der Waals surface area contributed by atoms with Crippen LogP contribution in [0.4, 0.5) is 0 Å². The summed E-state index contributed by atoms with van der Waals surface area (Å²) in [5.74, 6) is -2.98. The van der Waals surface area contributed by atoms with Gasteiger partial charge in [0.25, 0.3) is 10.1 Å². The van der Waals surface area contributed by atoms with Crippen molar-refractivity contribution in [2.75, 3.05) is 0 Å². The Hall–Kier alpha value is -3.23. The average molecular weight is 694 g/mol. The van der Waals surface area contributed by atoms with Crippen LogP contribution < -0.4 is 4.74 Å². The van der Waals surface area contributed by atoms with E-state index in [2.05, 4.69) is 24.3 Å². The zero-order valence-electron chi connectivity index (χ0n) is 24.8. The summed E-state index contributed by atoms with van der Waals surface area (Å²) in [5.41, 5.74) is 5.40. The van der Waals surface area contributed by atoms with Crippen molar-refractivity contribution in [1.82, 2.24) is 0 Å². The summed E-state index contributed by atoms with van der Waals surface area (Å²) in [7, 11) is -8.91. The Balaban J connectivity index is 1.02. The topological polar surface area (TPSA) is 153 Å². The Morgan fingerprint density at radius 1 is 0.851 bits per heavy atom. The van der Waals surface area contributed by atoms with Crippen molar-refractivity contribution in [3.63, 3.8) is 0 Å². The number of benzene rings is 3. The lowest BCUT2D eigenvalue weighted by Gasteiger charge is -2.44. The fourth-order valence-electron chi connectivity index (χ4n) is 9.13. The number of carbonyl (C=O) groups is 2. The molecule has 0 aromatic heterocycles. The third-order valence-electron chi connectivity index (χ3n) is 11.0. The van der Waals surface area contributed by atoms with E-state index in [1.54, 1.807) is 0 Å². The quantitative estimate of drug-likeness (QED) is 0.166. The van der Waals surface area contributed by atoms with E-state index in [0.29, 0.717) is 43.2 Å². The van der Waals surface area contributed by atoms with E-state index in [1.165, 1.54) is 29.0 Å². The number of thioether (sulfide) groups is 1. The average Bonchev–Trinajstić information content (AvgIpc) is 3.67. The Morgan fingerprint density at radius 2 is 1.49 bits per heavy atom. The van der Waals surface area contributed by atoms with Crippen molar-refractivity contribution in [3.8, 4) is 5.75 Å². The SMILES string of the molecule is O=C(OC1C2OS(=O)(=O)C3C2SC1C3C(=O)Oc1ccc(S(=O)(=O)[O-])c2c1CCCC2)C1CC2c3ccccc3C1c1ccccc12. The maximum Gasteiger partial charge on any atom is 0.317 e. The first kappa shape index (κ1) is 29.9. The lowest BCUT2D eigenvalue weighted by Crippen LogP contribution is -2.51. The minimum absolute atomic E-state index is 0.0310. The Bertz CT molecular complexity index is 2050. The van der Waals surface area contributed by atoms with Gasteiger partial charge in [0.2, 0.25) is 0 Å². The predicted molar refractivity (Wildman–Crippen MR) is 167 cm³/mol. The highest BCUT2D eigenvalue weighted by atomic mass is 32.2. The fraction of sp³-hybridized carbons (Fsp3) is 0.412. The monoisotopic (exact) mass is 693 g/mol. The van der Waals surface area contributed by atoms with Crippen molar-refractivity contribution in [2.24, 2.45) is 11.8 Å². The summed E-state index contributed by atoms with van der Waals surface area (Å²) in [6, 6.07) is 18.7. The maximum atomic E-state index is 14.1. The van der Waals surface area contributed by atoms with Crippen LogP contribution in [0.3, 0.4) is 0 Å². The van der Waals surface area contributed by atoms with Crippen LogP contribution in [-0.4, -0.2) is 61.3 Å². The number of esters is 2. The second-order valence-corrected chi connectivity index (χ2v) is 17.7. The van der Waals surface area contributed by atoms with Gasteiger partial charge in [-0.15, -0.1) is 11.8 Å². The Kier molecular flexibility index (Phi) is 6.60. The zero-order valence-corrected chi connectivity index (χ0v) is 27.3. The summed E-state index contributed by atoms with van der Waals surface area (Å²) < 4.78 is 79.8. The molecule has 7 aliphatic rings. The van der Waals surface area contributed by atoms with Gasteiger partial charge in [-0.05, 0) is 77.6 Å². The van der Waals surface area contributed by atoms with Crippen molar-refractivity contribution in [3.05, 3.63) is 94.0 Å². The van der Waals surface area contributed by atoms with Crippen LogP contribution in [-0.2, 0) is 51.6 Å². The molecule has 4 bridgehead atoms. The standard InChI is InChI=1S/C34H30O10S3/c35-33(23-15-22-16-7-1-5-11-20(16)26(23)21-12-6-2-8-17(21)22)43-28-29-31-32(47(40,41)44-29)27(30(28)45-31)34(36)42-24-13-14-25(46(37,38)39)19-10-4-3-9-18(19)24/h1-2,5-8,11-14,22-23,26-32H,3-4,9-10,15H2,(H,37,38,39)/p-1. The van der Waals surface area contributed by atoms with Crippen molar-refractivity contribution >= 4 is 43.9 Å². The largest absolute Gasteiger partial charge is 0.744 e. The van der Waals surface area contributed by atoms with E-state index in [-0.39, 0.29) is 22.5 Å². The smallest absolute Gasteiger partial charge is 0.317 e. The maximum absolute atomic E-state index is 14.1. The van der Waals surface area contributed by atoms with Crippen LogP contribution in [0.5, 0.6) is 5.75 Å². The van der Waals surface area contributed by atoms with Gasteiger partial charge in [-0.2, -0.15) is 8.42 Å². The molecule has 0 radical (unpaired) electrons. The molecule has 10 rings (SSSR count). The molecule has 0 amide bonds. The van der Waals surface area contributed by atoms with E-state index < -0.39 is 72.0 Å². The van der Waals surface area contributed by atoms with E-state index in [4.69, 9.17) is 13.7 Å². The first-order valence-electron chi connectivity index (χ1n) is 15.8. The van der Waals surface area contributed by atoms with Crippen molar-refractivity contribution < 1.29 is 44.6 Å². The zero-order chi connectivity index (χ0) is 32.4. The molecule has 244 valence electrons. The van der Waals surface area contributed by atoms with E-state index >= 15 is 0 Å². The molecule has 7 unspecified atom stereocenters. The first-order valence-corrected chi connectivity index (χ1v) is 19.6. The van der Waals surface area contributed by atoms with Crippen LogP contribution >= 0.6 is 11.8 Å². The summed E-state index contributed by atoms with van der Waals surface area (Å²) >= 11 is 1.28. The molecule has 3 aliphatic heterocycles. The number of ether oxygens (including phenoxy) is 2. The third-order valence-corrected chi connectivity index (χ3v) is 15.5. The van der Waals surface area contributed by atoms with Gasteiger partial charge >= 0.3 is 11.9 Å². The van der Waals surface area contributed by atoms with E-state index in [9.17, 15) is 31.0 Å². The molecular weight excluding hydrogens is 665 g/mol. The summed E-state index contributed by atoms with van der Waals surface area (Å²) in [4.78, 5) is 27.6. The molecule has 10 nitrogen and oxygen atoms in total. The van der Waals surface area contributed by atoms with Crippen LogP contribution in [0.25, 0.3) is 0 Å². The molecule has 3 fully saturated rings. The highest BCUT2D eigenvalue weighted by Crippen LogP contribution is 2.60. The lowest BCUT2D eigenvalue weighted by molar-refractivity contribution is -0.162. The molecule has 4 aliphatic carbocycles. The van der Waals surface area contributed by atoms with Gasteiger partial charge in [-0.1, -0.05) is 48.5 Å². The Morgan fingerprint density at radius 3 is 2.15 bits per heavy atom. The molecular formula is C34H29O10S3-. The summed E-state index contributed by atoms with van der Waals surface area (Å²) in [6.45, 7) is 0. The summed E-state index contributed by atoms with van der Waals surface area (Å²) in [6.07, 6.45) is 0.844. The van der Waals surface area contributed by atoms with Gasteiger partial charge in [-0.3, -0.25) is 13.8 Å². The normalized spacial score (nSPS) is 33.5. The van der Waals surface area contributed by atoms with Gasteiger partial charge < -0.3 is 14.0 Å². The molecule has 0 spiro atoms. The van der Waals surface area contributed by atoms with Crippen LogP contribution in [0.2, 0.25) is 0 Å².